The third-order valence-electron chi connectivity index (χ3n) is 5.60. The van der Waals surface area contributed by atoms with Gasteiger partial charge in [-0.1, -0.05) is 5.11 Å². The van der Waals surface area contributed by atoms with Gasteiger partial charge in [0.15, 0.2) is 41.1 Å². The van der Waals surface area contributed by atoms with Crippen molar-refractivity contribution in [3.63, 3.8) is 0 Å². The highest BCUT2D eigenvalue weighted by atomic mass is 16.7. The second-order valence-corrected chi connectivity index (χ2v) is 7.89. The van der Waals surface area contributed by atoms with Crippen molar-refractivity contribution < 1.29 is 58.6 Å². The van der Waals surface area contributed by atoms with E-state index in [-0.39, 0.29) is 33.0 Å². The van der Waals surface area contributed by atoms with E-state index >= 15 is 0 Å². The quantitative estimate of drug-likeness (QED) is 0.0817. The Morgan fingerprint density at radius 2 is 1.46 bits per heavy atom. The van der Waals surface area contributed by atoms with Crippen molar-refractivity contribution in [3.05, 3.63) is 10.4 Å². The number of rotatable bonds is 15. The second-order valence-electron chi connectivity index (χ2n) is 7.89. The van der Waals surface area contributed by atoms with Crippen molar-refractivity contribution in [1.29, 1.82) is 0 Å². The van der Waals surface area contributed by atoms with Crippen LogP contribution in [-0.2, 0) is 38.1 Å². The van der Waals surface area contributed by atoms with Gasteiger partial charge in [0.05, 0.1) is 33.0 Å². The molecule has 0 aromatic carbocycles. The number of azide groups is 1. The van der Waals surface area contributed by atoms with E-state index in [1.54, 1.807) is 0 Å². The van der Waals surface area contributed by atoms with Crippen LogP contribution in [0.2, 0.25) is 0 Å². The number of nitrogens with zero attached hydrogens (tertiary/aromatic N) is 3. The first kappa shape index (κ1) is 30.7. The molecule has 1 saturated heterocycles. The number of carbonyl (C=O) groups excluding carboxylic acids is 4. The highest BCUT2D eigenvalue weighted by molar-refractivity contribution is 6.08. The third kappa shape index (κ3) is 5.74. The monoisotopic (exact) mass is 505 g/mol. The predicted octanol–water partition coefficient (Wildman–Crippen LogP) is -2.02. The Kier molecular flexibility index (Phi) is 11.0. The Morgan fingerprint density at radius 3 is 1.91 bits per heavy atom. The molecule has 1 aliphatic rings. The molecule has 1 rings (SSSR count). The Balaban J connectivity index is 3.16. The number of aliphatic hydroxyl groups excluding tert-OH is 1. The summed E-state index contributed by atoms with van der Waals surface area (Å²) in [5.74, 6) is -5.42. The number of aliphatic hydroxyl groups is 4. The molecule has 198 valence electrons. The normalized spacial score (nSPS) is 31.3. The average Bonchev–Trinajstić information content (AvgIpc) is 2.78. The first-order valence-corrected chi connectivity index (χ1v) is 10.6. The lowest BCUT2D eigenvalue weighted by Gasteiger charge is -2.57. The number of Topliss-reactive ketones (excluding diaryl/α,β-unsaturated/α-hetero) is 4. The van der Waals surface area contributed by atoms with Crippen LogP contribution < -0.4 is 0 Å². The molecule has 0 amide bonds. The minimum Gasteiger partial charge on any atom is -0.386 e. The molecule has 0 aliphatic carbocycles. The van der Waals surface area contributed by atoms with E-state index in [9.17, 15) is 39.6 Å². The van der Waals surface area contributed by atoms with Crippen molar-refractivity contribution in [2.75, 3.05) is 39.6 Å². The van der Waals surface area contributed by atoms with Crippen LogP contribution in [0.5, 0.6) is 0 Å². The third-order valence-corrected chi connectivity index (χ3v) is 5.60. The van der Waals surface area contributed by atoms with Crippen LogP contribution in [0.3, 0.4) is 0 Å². The summed E-state index contributed by atoms with van der Waals surface area (Å²) in [5.41, 5.74) is -2.17. The van der Waals surface area contributed by atoms with Crippen molar-refractivity contribution in [2.45, 2.75) is 63.0 Å². The zero-order valence-corrected chi connectivity index (χ0v) is 19.9. The molecule has 1 unspecified atom stereocenters. The van der Waals surface area contributed by atoms with E-state index in [0.717, 1.165) is 13.8 Å². The summed E-state index contributed by atoms with van der Waals surface area (Å²) in [4.78, 5) is 52.7. The molecule has 1 aliphatic heterocycles. The van der Waals surface area contributed by atoms with Crippen LogP contribution in [0.1, 0.15) is 27.7 Å². The van der Waals surface area contributed by atoms with Crippen molar-refractivity contribution in [1.82, 2.24) is 0 Å². The summed E-state index contributed by atoms with van der Waals surface area (Å²) in [6.45, 7) is 3.11. The standard InChI is InChI=1S/C20H31N3O12/c1-11(24)15(28)16-18(29,12(2)25)20(31,14(4)27)19(30,13(3)26)17(35-16)34-10-9-33-8-7-32-6-5-22-23-21/h11,16-17,24,29-31H,5-10H2,1-4H3/t11?,16-,17+,18+,19+,20+/m1/s1. The van der Waals surface area contributed by atoms with Gasteiger partial charge in [-0.2, -0.15) is 0 Å². The average molecular weight is 505 g/mol. The van der Waals surface area contributed by atoms with E-state index in [1.807, 2.05) is 0 Å². The first-order valence-electron chi connectivity index (χ1n) is 10.6. The maximum absolute atomic E-state index is 12.6. The largest absolute Gasteiger partial charge is 0.386 e. The van der Waals surface area contributed by atoms with Crippen LogP contribution in [-0.4, -0.2) is 118 Å². The topological polar surface area (TPSA) is 235 Å². The summed E-state index contributed by atoms with van der Waals surface area (Å²) in [6.07, 6.45) is -6.41. The molecule has 35 heavy (non-hydrogen) atoms. The fourth-order valence-electron chi connectivity index (χ4n) is 3.71. The van der Waals surface area contributed by atoms with E-state index in [0.29, 0.717) is 13.8 Å². The van der Waals surface area contributed by atoms with Gasteiger partial charge in [0.25, 0.3) is 0 Å². The Bertz CT molecular complexity index is 860. The highest BCUT2D eigenvalue weighted by Gasteiger charge is 2.79. The molecular weight excluding hydrogens is 474 g/mol. The van der Waals surface area contributed by atoms with E-state index in [2.05, 4.69) is 10.0 Å². The number of ketones is 4. The number of hydrogen-bond donors (Lipinski definition) is 4. The second kappa shape index (κ2) is 12.6. The molecule has 0 bridgehead atoms. The molecular formula is C20H31N3O12. The van der Waals surface area contributed by atoms with E-state index < -0.39 is 65.0 Å². The Morgan fingerprint density at radius 1 is 0.943 bits per heavy atom. The maximum atomic E-state index is 12.6. The molecule has 0 aromatic heterocycles. The number of carbonyl (C=O) groups is 4. The lowest BCUT2D eigenvalue weighted by molar-refractivity contribution is -0.360. The molecule has 0 spiro atoms. The van der Waals surface area contributed by atoms with Crippen molar-refractivity contribution in [3.8, 4) is 0 Å². The highest BCUT2D eigenvalue weighted by Crippen LogP contribution is 2.47. The molecule has 4 N–H and O–H groups in total. The van der Waals surface area contributed by atoms with Crippen molar-refractivity contribution in [2.24, 2.45) is 5.11 Å². The minimum atomic E-state index is -3.57. The zero-order chi connectivity index (χ0) is 27.0. The maximum Gasteiger partial charge on any atom is 0.213 e. The Labute approximate surface area is 200 Å². The van der Waals surface area contributed by atoms with Gasteiger partial charge in [0.2, 0.25) is 11.2 Å². The van der Waals surface area contributed by atoms with Gasteiger partial charge in [0.1, 0.15) is 6.10 Å². The minimum absolute atomic E-state index is 0.0761. The van der Waals surface area contributed by atoms with Crippen LogP contribution in [0.25, 0.3) is 10.4 Å². The molecule has 1 fully saturated rings. The van der Waals surface area contributed by atoms with Gasteiger partial charge in [0, 0.05) is 11.5 Å². The first-order chi connectivity index (χ1) is 16.2. The van der Waals surface area contributed by atoms with Crippen LogP contribution in [0.15, 0.2) is 5.11 Å². The summed E-state index contributed by atoms with van der Waals surface area (Å²) in [5, 5.41) is 46.7. The lowest BCUT2D eigenvalue weighted by Crippen LogP contribution is -2.87. The smallest absolute Gasteiger partial charge is 0.213 e. The van der Waals surface area contributed by atoms with Crippen LogP contribution in [0.4, 0.5) is 0 Å². The number of hydrogen-bond acceptors (Lipinski definition) is 13. The van der Waals surface area contributed by atoms with E-state index in [4.69, 9.17) is 24.5 Å². The molecule has 0 aromatic rings. The molecule has 15 heteroatoms. The molecule has 1 heterocycles. The zero-order valence-electron chi connectivity index (χ0n) is 19.9. The van der Waals surface area contributed by atoms with Gasteiger partial charge >= 0.3 is 0 Å². The summed E-state index contributed by atoms with van der Waals surface area (Å²) in [7, 11) is 0. The predicted molar refractivity (Wildman–Crippen MR) is 114 cm³/mol. The summed E-state index contributed by atoms with van der Waals surface area (Å²) >= 11 is 0. The molecule has 0 saturated carbocycles. The Hall–Kier alpha value is -2.33. The van der Waals surface area contributed by atoms with Gasteiger partial charge < -0.3 is 39.4 Å². The van der Waals surface area contributed by atoms with Crippen molar-refractivity contribution >= 4 is 23.1 Å². The fraction of sp³-hybridized carbons (Fsp3) is 0.800. The SMILES string of the molecule is CC(=O)[C@@]1(O)[C@](O)(C(C)=O)[C@@H](OCCOCCOCCN=[N+]=[N-])O[C@H](C(=O)C(C)O)[C@@]1(O)C(C)=O. The molecule has 6 atom stereocenters. The molecule has 15 nitrogen and oxygen atoms in total. The van der Waals surface area contributed by atoms with Crippen LogP contribution >= 0.6 is 0 Å². The van der Waals surface area contributed by atoms with Gasteiger partial charge in [-0.3, -0.25) is 19.2 Å². The van der Waals surface area contributed by atoms with Crippen LogP contribution in [0, 0.1) is 0 Å². The number of ether oxygens (including phenoxy) is 4. The van der Waals surface area contributed by atoms with E-state index in [1.165, 1.54) is 0 Å². The summed E-state index contributed by atoms with van der Waals surface area (Å²) < 4.78 is 21.0. The fourth-order valence-corrected chi connectivity index (χ4v) is 3.71. The summed E-state index contributed by atoms with van der Waals surface area (Å²) in [6, 6.07) is 0. The van der Waals surface area contributed by atoms with Gasteiger partial charge in [-0.05, 0) is 33.2 Å². The van der Waals surface area contributed by atoms with Gasteiger partial charge in [-0.15, -0.1) is 0 Å². The lowest BCUT2D eigenvalue weighted by atomic mass is 9.60. The van der Waals surface area contributed by atoms with Gasteiger partial charge in [-0.25, -0.2) is 0 Å². The molecule has 0 radical (unpaired) electrons.